The molecule has 0 spiro atoms. The van der Waals surface area contributed by atoms with Crippen LogP contribution in [-0.2, 0) is 9.59 Å². The van der Waals surface area contributed by atoms with E-state index >= 15 is 0 Å². The fourth-order valence-electron chi connectivity index (χ4n) is 0.792. The summed E-state index contributed by atoms with van der Waals surface area (Å²) in [5, 5.41) is 16.8. The molecule has 0 unspecified atom stereocenters. The van der Waals surface area contributed by atoms with E-state index in [4.69, 9.17) is 10.4 Å². The van der Waals surface area contributed by atoms with Crippen LogP contribution >= 0.6 is 0 Å². The number of nitriles is 1. The van der Waals surface area contributed by atoms with Gasteiger partial charge in [0, 0.05) is 0 Å². The number of carbonyl (C=O) groups excluding carboxylic acids is 1. The summed E-state index contributed by atoms with van der Waals surface area (Å²) in [7, 11) is 0. The van der Waals surface area contributed by atoms with E-state index in [0.29, 0.717) is 0 Å². The second kappa shape index (κ2) is 4.05. The third-order valence-electron chi connectivity index (χ3n) is 1.38. The Morgan fingerprint density at radius 3 is 2.57 bits per heavy atom. The van der Waals surface area contributed by atoms with Crippen LogP contribution in [0, 0.1) is 11.3 Å². The van der Waals surface area contributed by atoms with Gasteiger partial charge in [-0.25, -0.2) is 9.59 Å². The average molecular weight is 191 g/mol. The van der Waals surface area contributed by atoms with Crippen molar-refractivity contribution in [2.24, 2.45) is 0 Å². The Bertz CT molecular complexity index is 419. The van der Waals surface area contributed by atoms with E-state index in [1.807, 2.05) is 0 Å². The normalized spacial score (nSPS) is 8.79. The highest BCUT2D eigenvalue weighted by molar-refractivity contribution is 6.29. The molecule has 14 heavy (non-hydrogen) atoms. The van der Waals surface area contributed by atoms with Crippen molar-refractivity contribution in [3.05, 3.63) is 29.8 Å². The van der Waals surface area contributed by atoms with Crippen LogP contribution in [0.15, 0.2) is 24.3 Å². The van der Waals surface area contributed by atoms with Gasteiger partial charge in [-0.15, -0.1) is 0 Å². The molecule has 1 N–H and O–H groups in total. The summed E-state index contributed by atoms with van der Waals surface area (Å²) < 4.78 is 4.44. The van der Waals surface area contributed by atoms with Gasteiger partial charge in [0.25, 0.3) is 0 Å². The molecule has 0 saturated carbocycles. The first-order valence-electron chi connectivity index (χ1n) is 3.59. The number of carboxylic acids is 1. The SMILES string of the molecule is N#Cc1ccccc1OC(=O)C(=O)O. The minimum atomic E-state index is -1.70. The van der Waals surface area contributed by atoms with Gasteiger partial charge in [0.15, 0.2) is 0 Å². The first kappa shape index (κ1) is 9.74. The largest absolute Gasteiger partial charge is 0.473 e. The van der Waals surface area contributed by atoms with Crippen LogP contribution in [0.2, 0.25) is 0 Å². The molecule has 0 bridgehead atoms. The number of benzene rings is 1. The van der Waals surface area contributed by atoms with E-state index < -0.39 is 11.9 Å². The van der Waals surface area contributed by atoms with Crippen LogP contribution in [0.4, 0.5) is 0 Å². The van der Waals surface area contributed by atoms with Gasteiger partial charge in [0.2, 0.25) is 0 Å². The number of carboxylic acid groups (broad SMARTS) is 1. The predicted octanol–water partition coefficient (Wildman–Crippen LogP) is 0.548. The molecular formula is C9H5NO4. The summed E-state index contributed by atoms with van der Waals surface area (Å²) in [5.41, 5.74) is 0.113. The molecule has 70 valence electrons. The Labute approximate surface area is 79.1 Å². The lowest BCUT2D eigenvalue weighted by molar-refractivity contribution is -0.158. The Hall–Kier alpha value is -2.35. The zero-order chi connectivity index (χ0) is 10.6. The predicted molar refractivity (Wildman–Crippen MR) is 44.4 cm³/mol. The van der Waals surface area contributed by atoms with E-state index in [9.17, 15) is 9.59 Å². The smallest absolute Gasteiger partial charge is 0.422 e. The van der Waals surface area contributed by atoms with Crippen molar-refractivity contribution in [1.82, 2.24) is 0 Å². The molecule has 0 amide bonds. The maximum absolute atomic E-state index is 10.6. The van der Waals surface area contributed by atoms with E-state index in [-0.39, 0.29) is 11.3 Å². The molecule has 1 rings (SSSR count). The fraction of sp³-hybridized carbons (Fsp3) is 0. The quantitative estimate of drug-likeness (QED) is 0.397. The van der Waals surface area contributed by atoms with Crippen LogP contribution in [-0.4, -0.2) is 17.0 Å². The van der Waals surface area contributed by atoms with Crippen molar-refractivity contribution in [3.63, 3.8) is 0 Å². The monoisotopic (exact) mass is 191 g/mol. The molecule has 5 heteroatoms. The van der Waals surface area contributed by atoms with Crippen molar-refractivity contribution >= 4 is 11.9 Å². The van der Waals surface area contributed by atoms with Crippen LogP contribution in [0.3, 0.4) is 0 Å². The van der Waals surface area contributed by atoms with Gasteiger partial charge in [0.05, 0.1) is 5.56 Å². The van der Waals surface area contributed by atoms with Gasteiger partial charge in [-0.1, -0.05) is 12.1 Å². The highest BCUT2D eigenvalue weighted by atomic mass is 16.6. The van der Waals surface area contributed by atoms with Crippen LogP contribution < -0.4 is 4.74 Å². The summed E-state index contributed by atoms with van der Waals surface area (Å²) in [4.78, 5) is 20.8. The molecule has 0 aliphatic carbocycles. The Balaban J connectivity index is 2.93. The molecule has 0 saturated heterocycles. The molecule has 0 aliphatic heterocycles. The topological polar surface area (TPSA) is 87.4 Å². The van der Waals surface area contributed by atoms with Crippen molar-refractivity contribution in [2.45, 2.75) is 0 Å². The second-order valence-electron chi connectivity index (χ2n) is 2.30. The number of aliphatic carboxylic acids is 1. The molecule has 0 atom stereocenters. The zero-order valence-corrected chi connectivity index (χ0v) is 6.93. The van der Waals surface area contributed by atoms with E-state index in [1.165, 1.54) is 18.2 Å². The third-order valence-corrected chi connectivity index (χ3v) is 1.38. The molecule has 0 heterocycles. The number of rotatable bonds is 1. The van der Waals surface area contributed by atoms with Crippen LogP contribution in [0.1, 0.15) is 5.56 Å². The van der Waals surface area contributed by atoms with E-state index in [2.05, 4.69) is 4.74 Å². The molecule has 0 aliphatic rings. The summed E-state index contributed by atoms with van der Waals surface area (Å²) in [6.45, 7) is 0. The van der Waals surface area contributed by atoms with Crippen molar-refractivity contribution in [3.8, 4) is 11.8 Å². The molecule has 0 aromatic heterocycles. The van der Waals surface area contributed by atoms with Gasteiger partial charge in [-0.3, -0.25) is 0 Å². The first-order valence-corrected chi connectivity index (χ1v) is 3.59. The minimum Gasteiger partial charge on any atom is -0.473 e. The van der Waals surface area contributed by atoms with E-state index in [0.717, 1.165) is 0 Å². The third kappa shape index (κ3) is 2.08. The lowest BCUT2D eigenvalue weighted by Gasteiger charge is -2.01. The Kier molecular flexibility index (Phi) is 2.82. The maximum atomic E-state index is 10.6. The van der Waals surface area contributed by atoms with Gasteiger partial charge in [-0.05, 0) is 12.1 Å². The van der Waals surface area contributed by atoms with Crippen molar-refractivity contribution < 1.29 is 19.4 Å². The number of hydrogen-bond acceptors (Lipinski definition) is 4. The summed E-state index contributed by atoms with van der Waals surface area (Å²) >= 11 is 0. The number of esters is 1. The molecule has 5 nitrogen and oxygen atoms in total. The maximum Gasteiger partial charge on any atom is 0.422 e. The molecular weight excluding hydrogens is 186 g/mol. The molecule has 1 aromatic carbocycles. The zero-order valence-electron chi connectivity index (χ0n) is 6.93. The van der Waals surface area contributed by atoms with Crippen LogP contribution in [0.5, 0.6) is 5.75 Å². The number of nitrogens with zero attached hydrogens (tertiary/aromatic N) is 1. The van der Waals surface area contributed by atoms with Gasteiger partial charge in [-0.2, -0.15) is 5.26 Å². The van der Waals surface area contributed by atoms with Crippen molar-refractivity contribution in [2.75, 3.05) is 0 Å². The summed E-state index contributed by atoms with van der Waals surface area (Å²) in [6.07, 6.45) is 0. The number of para-hydroxylation sites is 1. The standard InChI is InChI=1S/C9H5NO4/c10-5-6-3-1-2-4-7(6)14-9(13)8(11)12/h1-4H,(H,11,12). The number of ether oxygens (including phenoxy) is 1. The van der Waals surface area contributed by atoms with Gasteiger partial charge >= 0.3 is 11.9 Å². The summed E-state index contributed by atoms with van der Waals surface area (Å²) in [5.74, 6) is -3.16. The lowest BCUT2D eigenvalue weighted by atomic mass is 10.2. The van der Waals surface area contributed by atoms with Crippen molar-refractivity contribution in [1.29, 1.82) is 5.26 Å². The molecule has 0 fully saturated rings. The highest BCUT2D eigenvalue weighted by Crippen LogP contribution is 2.16. The molecule has 1 aromatic rings. The Morgan fingerprint density at radius 1 is 1.36 bits per heavy atom. The van der Waals surface area contributed by atoms with Crippen LogP contribution in [0.25, 0.3) is 0 Å². The van der Waals surface area contributed by atoms with Gasteiger partial charge in [0.1, 0.15) is 11.8 Å². The number of carbonyl (C=O) groups is 2. The van der Waals surface area contributed by atoms with Gasteiger partial charge < -0.3 is 9.84 Å². The van der Waals surface area contributed by atoms with E-state index in [1.54, 1.807) is 12.1 Å². The fourth-order valence-corrected chi connectivity index (χ4v) is 0.792. The summed E-state index contributed by atoms with van der Waals surface area (Å²) in [6, 6.07) is 7.65. The highest BCUT2D eigenvalue weighted by Gasteiger charge is 2.15. The number of hydrogen-bond donors (Lipinski definition) is 1. The Morgan fingerprint density at radius 2 is 2.00 bits per heavy atom. The average Bonchev–Trinajstić information content (AvgIpc) is 2.18. The lowest BCUT2D eigenvalue weighted by Crippen LogP contribution is -2.19. The molecule has 0 radical (unpaired) electrons. The minimum absolute atomic E-state index is 0.0533. The first-order chi connectivity index (χ1) is 6.65. The second-order valence-corrected chi connectivity index (χ2v) is 2.30.